The summed E-state index contributed by atoms with van der Waals surface area (Å²) in [7, 11) is 2.57. The number of carbonyl (C=O) groups is 4. The largest absolute Gasteiger partial charge is 0.469 e. The number of esters is 1. The Hall–Kier alpha value is -5.60. The minimum absolute atomic E-state index is 0.0580. The summed E-state index contributed by atoms with van der Waals surface area (Å²) < 4.78 is 41.0. The van der Waals surface area contributed by atoms with Gasteiger partial charge in [-0.25, -0.2) is 23.5 Å². The second-order valence-electron chi connectivity index (χ2n) is 15.2. The number of hydrogen-bond acceptors (Lipinski definition) is 8. The highest BCUT2D eigenvalue weighted by Crippen LogP contribution is 2.43. The molecule has 1 aliphatic carbocycles. The van der Waals surface area contributed by atoms with Gasteiger partial charge in [-0.2, -0.15) is 0 Å². The highest BCUT2D eigenvalue weighted by molar-refractivity contribution is 5.87. The fourth-order valence-electron chi connectivity index (χ4n) is 8.05. The molecule has 4 heterocycles. The summed E-state index contributed by atoms with van der Waals surface area (Å²) in [4.78, 5) is 70.1. The predicted molar refractivity (Wildman–Crippen MR) is 201 cm³/mol. The van der Waals surface area contributed by atoms with Crippen LogP contribution in [0.15, 0.2) is 48.8 Å². The molecule has 0 radical (unpaired) electrons. The van der Waals surface area contributed by atoms with Crippen molar-refractivity contribution in [1.29, 1.82) is 0 Å². The number of nitrogens with one attached hydrogen (secondary N) is 3. The molecular formula is C41H47F2N7O6. The topological polar surface area (TPSA) is 163 Å². The SMILES string of the molecule is COC(=O)C[C@H](C(=O)N1CCC[C@H]1c1ncc(-c2ccc(-c3ccc(-c4cnc([C@@H]5CCCN5C(=O)[C@@H](NC(=O)OC)C(C)C)[nH]4)c(F)c3)cc2F)[nH]1)C1CC1. The molecule has 0 unspecified atom stereocenters. The maximum Gasteiger partial charge on any atom is 0.407 e. The molecule has 13 nitrogen and oxygen atoms in total. The third-order valence-corrected chi connectivity index (χ3v) is 11.3. The third kappa shape index (κ3) is 7.89. The zero-order chi connectivity index (χ0) is 39.7. The Labute approximate surface area is 323 Å². The van der Waals surface area contributed by atoms with E-state index in [4.69, 9.17) is 9.47 Å². The number of nitrogens with zero attached hydrogens (tertiary/aromatic N) is 4. The molecule has 7 rings (SSSR count). The molecule has 3 N–H and O–H groups in total. The van der Waals surface area contributed by atoms with E-state index in [1.807, 2.05) is 13.8 Å². The smallest absolute Gasteiger partial charge is 0.407 e. The summed E-state index contributed by atoms with van der Waals surface area (Å²) in [5.74, 6) is -1.10. The summed E-state index contributed by atoms with van der Waals surface area (Å²) in [5.41, 5.74) is 2.39. The van der Waals surface area contributed by atoms with Crippen molar-refractivity contribution in [3.8, 4) is 33.6 Å². The number of aromatic amines is 2. The van der Waals surface area contributed by atoms with Crippen LogP contribution < -0.4 is 5.32 Å². The van der Waals surface area contributed by atoms with Gasteiger partial charge in [-0.05, 0) is 85.8 Å². The monoisotopic (exact) mass is 771 g/mol. The third-order valence-electron chi connectivity index (χ3n) is 11.3. The normalized spacial score (nSPS) is 19.3. The maximum absolute atomic E-state index is 15.7. The van der Waals surface area contributed by atoms with Gasteiger partial charge in [0.25, 0.3) is 0 Å². The van der Waals surface area contributed by atoms with Gasteiger partial charge < -0.3 is 34.6 Å². The number of imidazole rings is 2. The van der Waals surface area contributed by atoms with Crippen LogP contribution in [-0.2, 0) is 23.9 Å². The maximum atomic E-state index is 15.7. The molecule has 2 aromatic heterocycles. The average molecular weight is 772 g/mol. The second-order valence-corrected chi connectivity index (χ2v) is 15.2. The molecule has 3 aliphatic rings. The van der Waals surface area contributed by atoms with Crippen LogP contribution >= 0.6 is 0 Å². The Morgan fingerprint density at radius 2 is 1.30 bits per heavy atom. The molecule has 296 valence electrons. The average Bonchev–Trinajstić information content (AvgIpc) is 3.65. The first kappa shape index (κ1) is 38.7. The second kappa shape index (κ2) is 16.2. The van der Waals surface area contributed by atoms with Crippen molar-refractivity contribution in [2.75, 3.05) is 27.3 Å². The van der Waals surface area contributed by atoms with Crippen molar-refractivity contribution in [1.82, 2.24) is 35.1 Å². The number of ether oxygens (including phenoxy) is 2. The number of hydrogen-bond donors (Lipinski definition) is 3. The van der Waals surface area contributed by atoms with Gasteiger partial charge in [0.15, 0.2) is 0 Å². The predicted octanol–water partition coefficient (Wildman–Crippen LogP) is 6.71. The van der Waals surface area contributed by atoms with E-state index in [9.17, 15) is 19.2 Å². The summed E-state index contributed by atoms with van der Waals surface area (Å²) in [6.07, 6.45) is 7.18. The van der Waals surface area contributed by atoms with Crippen molar-refractivity contribution < 1.29 is 37.4 Å². The van der Waals surface area contributed by atoms with Gasteiger partial charge in [-0.3, -0.25) is 14.4 Å². The molecule has 0 spiro atoms. The number of aromatic nitrogens is 4. The molecule has 56 heavy (non-hydrogen) atoms. The van der Waals surface area contributed by atoms with E-state index in [-0.39, 0.29) is 53.3 Å². The van der Waals surface area contributed by atoms with E-state index in [1.165, 1.54) is 32.5 Å². The lowest BCUT2D eigenvalue weighted by Gasteiger charge is -2.30. The van der Waals surface area contributed by atoms with Crippen LogP contribution in [0, 0.1) is 29.4 Å². The number of methoxy groups -OCH3 is 2. The van der Waals surface area contributed by atoms with Crippen LogP contribution in [0.4, 0.5) is 13.6 Å². The van der Waals surface area contributed by atoms with Gasteiger partial charge in [0, 0.05) is 24.2 Å². The van der Waals surface area contributed by atoms with Gasteiger partial charge >= 0.3 is 12.1 Å². The number of H-pyrrole nitrogens is 2. The Kier molecular flexibility index (Phi) is 11.2. The van der Waals surface area contributed by atoms with E-state index in [2.05, 4.69) is 25.3 Å². The molecule has 2 saturated heterocycles. The fourth-order valence-corrected chi connectivity index (χ4v) is 8.05. The van der Waals surface area contributed by atoms with Crippen LogP contribution in [-0.4, -0.2) is 87.0 Å². The van der Waals surface area contributed by atoms with Crippen LogP contribution in [0.1, 0.15) is 82.5 Å². The van der Waals surface area contributed by atoms with Gasteiger partial charge in [0.1, 0.15) is 29.3 Å². The first-order chi connectivity index (χ1) is 27.0. The van der Waals surface area contributed by atoms with Gasteiger partial charge in [-0.15, -0.1) is 0 Å². The Balaban J connectivity index is 1.04. The quantitative estimate of drug-likeness (QED) is 0.134. The molecule has 2 aliphatic heterocycles. The number of amides is 3. The lowest BCUT2D eigenvalue weighted by atomic mass is 9.97. The lowest BCUT2D eigenvalue weighted by Crippen LogP contribution is -2.51. The molecular weight excluding hydrogens is 724 g/mol. The van der Waals surface area contributed by atoms with Gasteiger partial charge in [0.2, 0.25) is 11.8 Å². The van der Waals surface area contributed by atoms with E-state index in [0.717, 1.165) is 25.7 Å². The van der Waals surface area contributed by atoms with Crippen LogP contribution in [0.25, 0.3) is 33.6 Å². The summed E-state index contributed by atoms with van der Waals surface area (Å²) in [6.45, 7) is 4.74. The van der Waals surface area contributed by atoms with Crippen LogP contribution in [0.2, 0.25) is 0 Å². The first-order valence-corrected chi connectivity index (χ1v) is 19.2. The highest BCUT2D eigenvalue weighted by Gasteiger charge is 2.43. The van der Waals surface area contributed by atoms with E-state index >= 15 is 8.78 Å². The van der Waals surface area contributed by atoms with Crippen molar-refractivity contribution in [3.63, 3.8) is 0 Å². The zero-order valence-electron chi connectivity index (χ0n) is 31.9. The highest BCUT2D eigenvalue weighted by atomic mass is 19.1. The van der Waals surface area contributed by atoms with Crippen LogP contribution in [0.5, 0.6) is 0 Å². The minimum Gasteiger partial charge on any atom is -0.469 e. The Morgan fingerprint density at radius 1 is 0.786 bits per heavy atom. The number of likely N-dealkylation sites (tertiary alicyclic amines) is 2. The van der Waals surface area contributed by atoms with Crippen molar-refractivity contribution in [2.45, 2.75) is 76.9 Å². The molecule has 1 saturated carbocycles. The molecule has 3 fully saturated rings. The molecule has 4 atom stereocenters. The lowest BCUT2D eigenvalue weighted by molar-refractivity contribution is -0.148. The van der Waals surface area contributed by atoms with Crippen LogP contribution in [0.3, 0.4) is 0 Å². The van der Waals surface area contributed by atoms with E-state index in [1.54, 1.807) is 40.3 Å². The van der Waals surface area contributed by atoms with Gasteiger partial charge in [0.05, 0.1) is 62.4 Å². The molecule has 15 heteroatoms. The molecule has 3 amide bonds. The van der Waals surface area contributed by atoms with E-state index < -0.39 is 35.7 Å². The molecule has 4 aromatic rings. The number of carbonyl (C=O) groups excluding carboxylic acids is 4. The summed E-state index contributed by atoms with van der Waals surface area (Å²) in [6, 6.07) is 7.88. The Bertz CT molecular complexity index is 1970. The van der Waals surface area contributed by atoms with Crippen molar-refractivity contribution >= 4 is 23.9 Å². The van der Waals surface area contributed by atoms with Crippen molar-refractivity contribution in [3.05, 3.63) is 72.1 Å². The number of benzene rings is 2. The standard InChI is InChI=1S/C41H47F2N7O6/c1-22(2)36(48-41(54)56-4)40(53)50-16-6-8-34(50)38-45-21-32(47-38)27-14-12-25(18-30(27)43)24-11-13-26(29(42)17-24)31-20-44-37(46-31)33-7-5-15-49(33)39(52)28(23-9-10-23)19-35(51)55-3/h11-14,17-18,20-23,28,33-34,36H,5-10,15-16,19H2,1-4H3,(H,44,46)(H,45,47)(H,48,54)/t28-,33-,34-,36-/m0/s1. The Morgan fingerprint density at radius 3 is 1.75 bits per heavy atom. The number of halogens is 2. The van der Waals surface area contributed by atoms with E-state index in [0.29, 0.717) is 60.1 Å². The summed E-state index contributed by atoms with van der Waals surface area (Å²) in [5, 5.41) is 2.63. The number of rotatable bonds is 12. The molecule has 2 aromatic carbocycles. The zero-order valence-corrected chi connectivity index (χ0v) is 31.9. The van der Waals surface area contributed by atoms with Gasteiger partial charge in [-0.1, -0.05) is 26.0 Å². The first-order valence-electron chi connectivity index (χ1n) is 19.2. The summed E-state index contributed by atoms with van der Waals surface area (Å²) >= 11 is 0. The number of alkyl carbamates (subject to hydrolysis) is 1. The fraction of sp³-hybridized carbons (Fsp3) is 0.463. The van der Waals surface area contributed by atoms with Crippen molar-refractivity contribution in [2.24, 2.45) is 17.8 Å². The molecule has 0 bridgehead atoms. The minimum atomic E-state index is -0.774.